The topological polar surface area (TPSA) is 107 Å². The van der Waals surface area contributed by atoms with Gasteiger partial charge in [-0.15, -0.1) is 0 Å². The number of fused-ring (bicyclic) bond motifs is 2. The standard InChI is InChI=1S/C37H50N6O5/c1-26-23-27(24-32-34(26)38-14-22-47-32)25-33(35(44)41-20-18-40(19-21-41)29-8-3-2-4-9-29)48-37(46)42-15-12-30(13-16-42)43-17-11-28-7-5-6-10-31(28)39-36(43)45/h5-7,10,23-24,29-30,33,38H,2-4,8-9,11-22,25H2,1H3,(H,39,45). The Morgan fingerprint density at radius 1 is 0.917 bits per heavy atom. The molecule has 0 bridgehead atoms. The van der Waals surface area contributed by atoms with Crippen LogP contribution in [-0.2, 0) is 22.4 Å². The number of carbonyl (C=O) groups is 3. The number of benzene rings is 2. The Labute approximate surface area is 283 Å². The molecular formula is C37H50N6O5. The summed E-state index contributed by atoms with van der Waals surface area (Å²) in [6.07, 6.45) is 7.40. The Bertz CT molecular complexity index is 1480. The van der Waals surface area contributed by atoms with E-state index in [2.05, 4.69) is 27.7 Å². The van der Waals surface area contributed by atoms with Gasteiger partial charge in [0.1, 0.15) is 12.4 Å². The molecule has 4 heterocycles. The summed E-state index contributed by atoms with van der Waals surface area (Å²) in [5.41, 5.74) is 4.94. The van der Waals surface area contributed by atoms with Gasteiger partial charge in [0.15, 0.2) is 6.10 Å². The molecule has 1 atom stereocenters. The van der Waals surface area contributed by atoms with Gasteiger partial charge < -0.3 is 34.8 Å². The van der Waals surface area contributed by atoms with Gasteiger partial charge in [-0.3, -0.25) is 9.69 Å². The molecule has 1 saturated carbocycles. The zero-order valence-corrected chi connectivity index (χ0v) is 28.3. The van der Waals surface area contributed by atoms with E-state index in [9.17, 15) is 14.4 Å². The van der Waals surface area contributed by atoms with Crippen molar-refractivity contribution in [2.45, 2.75) is 82.9 Å². The van der Waals surface area contributed by atoms with Crippen LogP contribution in [0.2, 0.25) is 0 Å². The predicted molar refractivity (Wildman–Crippen MR) is 185 cm³/mol. The van der Waals surface area contributed by atoms with E-state index < -0.39 is 12.2 Å². The third kappa shape index (κ3) is 7.21. The van der Waals surface area contributed by atoms with Crippen molar-refractivity contribution >= 4 is 29.4 Å². The van der Waals surface area contributed by atoms with Crippen LogP contribution in [0, 0.1) is 6.92 Å². The van der Waals surface area contributed by atoms with E-state index in [1.165, 1.54) is 32.1 Å². The molecule has 4 aliphatic heterocycles. The number of amides is 4. The van der Waals surface area contributed by atoms with E-state index in [4.69, 9.17) is 9.47 Å². The number of nitrogens with zero attached hydrogens (tertiary/aromatic N) is 4. The summed E-state index contributed by atoms with van der Waals surface area (Å²) < 4.78 is 12.1. The van der Waals surface area contributed by atoms with Gasteiger partial charge in [-0.25, -0.2) is 9.59 Å². The molecule has 1 aliphatic carbocycles. The Morgan fingerprint density at radius 2 is 1.69 bits per heavy atom. The molecule has 4 amide bonds. The van der Waals surface area contributed by atoms with E-state index in [1.807, 2.05) is 41.0 Å². The molecule has 11 nitrogen and oxygen atoms in total. The highest BCUT2D eigenvalue weighted by atomic mass is 16.6. The van der Waals surface area contributed by atoms with E-state index >= 15 is 0 Å². The average Bonchev–Trinajstić information content (AvgIpc) is 3.29. The largest absolute Gasteiger partial charge is 0.490 e. The lowest BCUT2D eigenvalue weighted by Gasteiger charge is -2.41. The number of nitrogens with one attached hydrogen (secondary N) is 2. The first-order valence-corrected chi connectivity index (χ1v) is 18.1. The van der Waals surface area contributed by atoms with Crippen LogP contribution in [-0.4, -0.2) is 115 Å². The summed E-state index contributed by atoms with van der Waals surface area (Å²) >= 11 is 0. The summed E-state index contributed by atoms with van der Waals surface area (Å²) in [6.45, 7) is 7.96. The first kappa shape index (κ1) is 32.6. The highest BCUT2D eigenvalue weighted by Gasteiger charge is 2.36. The molecule has 0 spiro atoms. The lowest BCUT2D eigenvalue weighted by atomic mass is 9.94. The number of carbonyl (C=O) groups excluding carboxylic acids is 3. The number of piperazine rings is 1. The van der Waals surface area contributed by atoms with Crippen molar-refractivity contribution in [2.75, 3.05) is 69.6 Å². The highest BCUT2D eigenvalue weighted by molar-refractivity contribution is 5.91. The maximum Gasteiger partial charge on any atom is 0.410 e. The van der Waals surface area contributed by atoms with Crippen LogP contribution < -0.4 is 15.4 Å². The monoisotopic (exact) mass is 658 g/mol. The third-order valence-corrected chi connectivity index (χ3v) is 11.0. The third-order valence-electron chi connectivity index (χ3n) is 11.0. The van der Waals surface area contributed by atoms with Crippen molar-refractivity contribution in [3.63, 3.8) is 0 Å². The lowest BCUT2D eigenvalue weighted by molar-refractivity contribution is -0.143. The first-order valence-electron chi connectivity index (χ1n) is 18.1. The number of ether oxygens (including phenoxy) is 2. The molecule has 258 valence electrons. The minimum absolute atomic E-state index is 0.0355. The smallest absolute Gasteiger partial charge is 0.410 e. The summed E-state index contributed by atoms with van der Waals surface area (Å²) in [7, 11) is 0. The predicted octanol–water partition coefficient (Wildman–Crippen LogP) is 4.88. The Kier molecular flexibility index (Phi) is 9.93. The van der Waals surface area contributed by atoms with Crippen molar-refractivity contribution in [3.05, 3.63) is 53.1 Å². The highest BCUT2D eigenvalue weighted by Crippen LogP contribution is 2.33. The molecule has 2 N–H and O–H groups in total. The van der Waals surface area contributed by atoms with Gasteiger partial charge >= 0.3 is 12.1 Å². The van der Waals surface area contributed by atoms with Gasteiger partial charge in [-0.2, -0.15) is 0 Å². The minimum atomic E-state index is -0.930. The number of urea groups is 1. The van der Waals surface area contributed by atoms with Gasteiger partial charge in [0, 0.05) is 76.5 Å². The fourth-order valence-corrected chi connectivity index (χ4v) is 8.27. The van der Waals surface area contributed by atoms with Crippen molar-refractivity contribution in [1.82, 2.24) is 19.6 Å². The first-order chi connectivity index (χ1) is 23.4. The molecule has 2 saturated heterocycles. The van der Waals surface area contributed by atoms with E-state index in [0.29, 0.717) is 58.2 Å². The van der Waals surface area contributed by atoms with Gasteiger partial charge in [-0.05, 0) is 67.9 Å². The molecule has 1 unspecified atom stereocenters. The normalized spacial score (nSPS) is 21.6. The van der Waals surface area contributed by atoms with Gasteiger partial charge in [-0.1, -0.05) is 43.5 Å². The van der Waals surface area contributed by atoms with Crippen LogP contribution in [0.5, 0.6) is 5.75 Å². The molecular weight excluding hydrogens is 608 g/mol. The average molecular weight is 659 g/mol. The molecule has 3 fully saturated rings. The molecule has 7 rings (SSSR count). The van der Waals surface area contributed by atoms with Crippen LogP contribution in [0.4, 0.5) is 21.0 Å². The molecule has 0 radical (unpaired) electrons. The molecule has 2 aromatic rings. The van der Waals surface area contributed by atoms with Gasteiger partial charge in [0.05, 0.1) is 5.69 Å². The second-order valence-electron chi connectivity index (χ2n) is 14.0. The molecule has 11 heteroatoms. The quantitative estimate of drug-likeness (QED) is 0.456. The van der Waals surface area contributed by atoms with Gasteiger partial charge in [0.2, 0.25) is 0 Å². The number of rotatable bonds is 6. The number of hydrogen-bond acceptors (Lipinski definition) is 7. The van der Waals surface area contributed by atoms with Crippen LogP contribution in [0.1, 0.15) is 61.6 Å². The van der Waals surface area contributed by atoms with Crippen molar-refractivity contribution in [2.24, 2.45) is 0 Å². The summed E-state index contributed by atoms with van der Waals surface area (Å²) in [5, 5.41) is 6.47. The molecule has 48 heavy (non-hydrogen) atoms. The molecule has 2 aromatic carbocycles. The maximum atomic E-state index is 14.1. The van der Waals surface area contributed by atoms with E-state index in [0.717, 1.165) is 59.9 Å². The lowest BCUT2D eigenvalue weighted by Crippen LogP contribution is -2.55. The fourth-order valence-electron chi connectivity index (χ4n) is 8.27. The Hall–Kier alpha value is -3.99. The van der Waals surface area contributed by atoms with Crippen molar-refractivity contribution < 1.29 is 23.9 Å². The summed E-state index contributed by atoms with van der Waals surface area (Å²) in [6, 6.07) is 12.5. The zero-order chi connectivity index (χ0) is 33.0. The number of para-hydroxylation sites is 1. The fraction of sp³-hybridized carbons (Fsp3) is 0.595. The second kappa shape index (κ2) is 14.6. The number of likely N-dealkylation sites (tertiary alicyclic amines) is 1. The van der Waals surface area contributed by atoms with Crippen molar-refractivity contribution in [1.29, 1.82) is 0 Å². The summed E-state index contributed by atoms with van der Waals surface area (Å²) in [5.74, 6) is 0.648. The minimum Gasteiger partial charge on any atom is -0.490 e. The second-order valence-corrected chi connectivity index (χ2v) is 14.0. The van der Waals surface area contributed by atoms with Crippen LogP contribution in [0.25, 0.3) is 0 Å². The zero-order valence-electron chi connectivity index (χ0n) is 28.3. The number of hydrogen-bond donors (Lipinski definition) is 2. The van der Waals surface area contributed by atoms with Gasteiger partial charge in [0.25, 0.3) is 5.91 Å². The number of aryl methyl sites for hydroxylation is 1. The Morgan fingerprint density at radius 3 is 2.48 bits per heavy atom. The number of piperidine rings is 1. The van der Waals surface area contributed by atoms with Crippen LogP contribution in [0.3, 0.4) is 0 Å². The van der Waals surface area contributed by atoms with E-state index in [-0.39, 0.29) is 24.4 Å². The van der Waals surface area contributed by atoms with Crippen LogP contribution in [0.15, 0.2) is 36.4 Å². The van der Waals surface area contributed by atoms with Crippen molar-refractivity contribution in [3.8, 4) is 5.75 Å². The Balaban J connectivity index is 1.00. The summed E-state index contributed by atoms with van der Waals surface area (Å²) in [4.78, 5) is 49.0. The molecule has 5 aliphatic rings. The van der Waals surface area contributed by atoms with E-state index in [1.54, 1.807) is 4.90 Å². The van der Waals surface area contributed by atoms with Crippen LogP contribution >= 0.6 is 0 Å². The number of anilines is 2. The SMILES string of the molecule is Cc1cc(CC(OC(=O)N2CCC(N3CCc4ccccc4NC3=O)CC2)C(=O)N2CCN(C3CCCCC3)CC2)cc2c1NCCO2. The maximum absolute atomic E-state index is 14.1. The molecule has 0 aromatic heterocycles.